The zero-order valence-corrected chi connectivity index (χ0v) is 17.6. The molecule has 0 spiro atoms. The Balaban J connectivity index is 1.29. The molecule has 30 heavy (non-hydrogen) atoms. The third-order valence-corrected chi connectivity index (χ3v) is 6.44. The highest BCUT2D eigenvalue weighted by atomic mass is 35.5. The van der Waals surface area contributed by atoms with Crippen LogP contribution in [0.2, 0.25) is 5.02 Å². The summed E-state index contributed by atoms with van der Waals surface area (Å²) >= 11 is 5.99. The number of piperidine rings is 1. The van der Waals surface area contributed by atoms with E-state index in [0.717, 1.165) is 37.6 Å². The smallest absolute Gasteiger partial charge is 0.236 e. The maximum Gasteiger partial charge on any atom is 0.236 e. The van der Waals surface area contributed by atoms with Gasteiger partial charge in [-0.1, -0.05) is 23.7 Å². The van der Waals surface area contributed by atoms with Crippen LogP contribution < -0.4 is 4.90 Å². The second-order valence-corrected chi connectivity index (χ2v) is 8.34. The van der Waals surface area contributed by atoms with Crippen LogP contribution in [0.15, 0.2) is 42.9 Å². The van der Waals surface area contributed by atoms with Crippen LogP contribution >= 0.6 is 11.6 Å². The van der Waals surface area contributed by atoms with Crippen LogP contribution in [0.1, 0.15) is 18.4 Å². The lowest BCUT2D eigenvalue weighted by Gasteiger charge is -2.39. The second-order valence-electron chi connectivity index (χ2n) is 7.91. The van der Waals surface area contributed by atoms with Crippen molar-refractivity contribution in [2.24, 2.45) is 0 Å². The normalized spacial score (nSPS) is 19.3. The summed E-state index contributed by atoms with van der Waals surface area (Å²) in [6.45, 7) is 4.95. The fraction of sp³-hybridized carbons (Fsp3) is 0.455. The number of anilines is 1. The number of nitrogens with zero attached hydrogens (tertiary/aromatic N) is 6. The molecule has 2 aromatic rings. The number of piperazine rings is 1. The number of amides is 1. The van der Waals surface area contributed by atoms with Gasteiger partial charge in [0.15, 0.2) is 0 Å². The van der Waals surface area contributed by atoms with Gasteiger partial charge >= 0.3 is 0 Å². The number of likely N-dealkylation sites (tertiary alicyclic amines) is 1. The molecular formula is C22H25ClN6O. The van der Waals surface area contributed by atoms with E-state index >= 15 is 0 Å². The lowest BCUT2D eigenvalue weighted by Crippen LogP contribution is -2.52. The largest absolute Gasteiger partial charge is 0.353 e. The molecule has 0 unspecified atom stereocenters. The number of halogens is 1. The lowest BCUT2D eigenvalue weighted by molar-refractivity contribution is -0.133. The summed E-state index contributed by atoms with van der Waals surface area (Å²) in [7, 11) is 0. The molecule has 2 aliphatic heterocycles. The summed E-state index contributed by atoms with van der Waals surface area (Å²) < 4.78 is 0. The summed E-state index contributed by atoms with van der Waals surface area (Å²) in [4.78, 5) is 27.6. The zero-order valence-electron chi connectivity index (χ0n) is 16.9. The van der Waals surface area contributed by atoms with Crippen LogP contribution in [0.4, 0.5) is 5.82 Å². The summed E-state index contributed by atoms with van der Waals surface area (Å²) in [6, 6.07) is 10.0. The van der Waals surface area contributed by atoms with Crippen LogP contribution in [0.25, 0.3) is 0 Å². The number of hydrogen-bond donors (Lipinski definition) is 0. The molecule has 8 heteroatoms. The van der Waals surface area contributed by atoms with Crippen molar-refractivity contribution in [2.75, 3.05) is 50.7 Å². The van der Waals surface area contributed by atoms with Gasteiger partial charge in [0, 0.05) is 56.7 Å². The molecule has 0 saturated carbocycles. The fourth-order valence-corrected chi connectivity index (χ4v) is 4.38. The van der Waals surface area contributed by atoms with Crippen LogP contribution in [0.5, 0.6) is 0 Å². The van der Waals surface area contributed by atoms with Crippen molar-refractivity contribution in [1.29, 1.82) is 5.26 Å². The summed E-state index contributed by atoms with van der Waals surface area (Å²) in [5.41, 5.74) is 0.450. The molecule has 7 nitrogen and oxygen atoms in total. The third-order valence-electron chi connectivity index (χ3n) is 6.19. The predicted molar refractivity (Wildman–Crippen MR) is 115 cm³/mol. The molecule has 1 aromatic heterocycles. The van der Waals surface area contributed by atoms with Gasteiger partial charge in [-0.05, 0) is 30.5 Å². The summed E-state index contributed by atoms with van der Waals surface area (Å²) in [5.74, 6) is 1.03. The van der Waals surface area contributed by atoms with Crippen molar-refractivity contribution in [2.45, 2.75) is 18.3 Å². The number of nitriles is 1. The molecule has 2 fully saturated rings. The van der Waals surface area contributed by atoms with Crippen LogP contribution in [0.3, 0.4) is 0 Å². The van der Waals surface area contributed by atoms with E-state index in [2.05, 4.69) is 25.8 Å². The van der Waals surface area contributed by atoms with Gasteiger partial charge in [0.1, 0.15) is 5.82 Å². The SMILES string of the molecule is N#CC1(c2ccc(Cl)cc2)CCN(C(=O)CN2CCN(c3cnccn3)CC2)CC1. The van der Waals surface area contributed by atoms with E-state index in [1.54, 1.807) is 18.6 Å². The Morgan fingerprint density at radius 1 is 1.07 bits per heavy atom. The lowest BCUT2D eigenvalue weighted by atomic mass is 9.74. The van der Waals surface area contributed by atoms with E-state index in [1.165, 1.54) is 0 Å². The molecule has 0 atom stereocenters. The van der Waals surface area contributed by atoms with Crippen LogP contribution in [-0.4, -0.2) is 71.5 Å². The van der Waals surface area contributed by atoms with Crippen LogP contribution in [0, 0.1) is 11.3 Å². The predicted octanol–water partition coefficient (Wildman–Crippen LogP) is 2.34. The Bertz CT molecular complexity index is 897. The van der Waals surface area contributed by atoms with Gasteiger partial charge in [-0.25, -0.2) is 4.98 Å². The highest BCUT2D eigenvalue weighted by Gasteiger charge is 2.38. The van der Waals surface area contributed by atoms with E-state index in [1.807, 2.05) is 29.2 Å². The minimum atomic E-state index is -0.538. The quantitative estimate of drug-likeness (QED) is 0.749. The van der Waals surface area contributed by atoms with Crippen LogP contribution in [-0.2, 0) is 10.2 Å². The molecule has 2 saturated heterocycles. The Morgan fingerprint density at radius 2 is 1.77 bits per heavy atom. The molecular weight excluding hydrogens is 400 g/mol. The van der Waals surface area contributed by atoms with Gasteiger partial charge in [-0.15, -0.1) is 0 Å². The first-order valence-corrected chi connectivity index (χ1v) is 10.7. The Morgan fingerprint density at radius 3 is 2.37 bits per heavy atom. The molecule has 0 radical (unpaired) electrons. The molecule has 1 aromatic carbocycles. The third kappa shape index (κ3) is 4.40. The molecule has 3 heterocycles. The number of carbonyl (C=O) groups excluding carboxylic acids is 1. The average Bonchev–Trinajstić information content (AvgIpc) is 2.80. The fourth-order valence-electron chi connectivity index (χ4n) is 4.25. The van der Waals surface area contributed by atoms with Crippen molar-refractivity contribution in [3.8, 4) is 6.07 Å². The minimum absolute atomic E-state index is 0.144. The van der Waals surface area contributed by atoms with E-state index < -0.39 is 5.41 Å². The molecule has 156 valence electrons. The molecule has 0 bridgehead atoms. The topological polar surface area (TPSA) is 76.4 Å². The number of hydrogen-bond acceptors (Lipinski definition) is 6. The minimum Gasteiger partial charge on any atom is -0.353 e. The Kier molecular flexibility index (Phi) is 6.16. The van der Waals surface area contributed by atoms with Crippen molar-refractivity contribution in [3.05, 3.63) is 53.4 Å². The maximum absolute atomic E-state index is 12.8. The Hall–Kier alpha value is -2.69. The van der Waals surface area contributed by atoms with E-state index in [-0.39, 0.29) is 5.91 Å². The van der Waals surface area contributed by atoms with Crippen molar-refractivity contribution in [3.63, 3.8) is 0 Å². The molecule has 0 N–H and O–H groups in total. The number of rotatable bonds is 4. The first-order valence-electron chi connectivity index (χ1n) is 10.3. The van der Waals surface area contributed by atoms with E-state index in [0.29, 0.717) is 37.5 Å². The standard InChI is InChI=1S/C22H25ClN6O/c23-19-3-1-18(2-4-19)22(17-24)5-9-29(10-6-22)21(30)16-27-11-13-28(14-12-27)20-15-25-7-8-26-20/h1-4,7-8,15H,5-6,9-14,16H2. The monoisotopic (exact) mass is 424 g/mol. The average molecular weight is 425 g/mol. The number of carbonyl (C=O) groups is 1. The Labute approximate surface area is 181 Å². The molecule has 2 aliphatic rings. The van der Waals surface area contributed by atoms with Gasteiger partial charge in [0.2, 0.25) is 5.91 Å². The zero-order chi connectivity index (χ0) is 21.0. The highest BCUT2D eigenvalue weighted by molar-refractivity contribution is 6.30. The van der Waals surface area contributed by atoms with E-state index in [9.17, 15) is 10.1 Å². The number of benzene rings is 1. The molecule has 1 amide bonds. The second kappa shape index (κ2) is 8.99. The van der Waals surface area contributed by atoms with Crippen molar-refractivity contribution >= 4 is 23.3 Å². The first kappa shape index (κ1) is 20.6. The molecule has 4 rings (SSSR count). The highest BCUT2D eigenvalue weighted by Crippen LogP contribution is 2.35. The van der Waals surface area contributed by atoms with Gasteiger partial charge in [0.05, 0.1) is 24.2 Å². The number of aromatic nitrogens is 2. The van der Waals surface area contributed by atoms with Crippen molar-refractivity contribution < 1.29 is 4.79 Å². The molecule has 0 aliphatic carbocycles. The maximum atomic E-state index is 12.8. The van der Waals surface area contributed by atoms with E-state index in [4.69, 9.17) is 11.6 Å². The van der Waals surface area contributed by atoms with Gasteiger partial charge in [0.25, 0.3) is 0 Å². The first-order chi connectivity index (χ1) is 14.6. The van der Waals surface area contributed by atoms with Gasteiger partial charge < -0.3 is 9.80 Å². The summed E-state index contributed by atoms with van der Waals surface area (Å²) in [6.07, 6.45) is 6.45. The summed E-state index contributed by atoms with van der Waals surface area (Å²) in [5, 5.41) is 10.5. The van der Waals surface area contributed by atoms with Crippen molar-refractivity contribution in [1.82, 2.24) is 19.8 Å². The van der Waals surface area contributed by atoms with Gasteiger partial charge in [-0.3, -0.25) is 14.7 Å². The van der Waals surface area contributed by atoms with Gasteiger partial charge in [-0.2, -0.15) is 5.26 Å².